The van der Waals surface area contributed by atoms with Gasteiger partial charge >= 0.3 is 0 Å². The molecule has 32 heavy (non-hydrogen) atoms. The molecule has 1 saturated carbocycles. The van der Waals surface area contributed by atoms with Gasteiger partial charge in [0.25, 0.3) is 0 Å². The molecule has 1 saturated heterocycles. The summed E-state index contributed by atoms with van der Waals surface area (Å²) in [6.07, 6.45) is 7.51. The number of carbonyl (C=O) groups excluding carboxylic acids is 1. The van der Waals surface area contributed by atoms with Crippen molar-refractivity contribution in [2.24, 2.45) is 11.8 Å². The summed E-state index contributed by atoms with van der Waals surface area (Å²) in [6, 6.07) is 13.4. The molecule has 172 valence electrons. The Balaban J connectivity index is 1.31. The monoisotopic (exact) mass is 437 g/mol. The molecule has 3 nitrogen and oxygen atoms in total. The van der Waals surface area contributed by atoms with Crippen LogP contribution in [0.5, 0.6) is 5.75 Å². The number of ketones is 1. The fourth-order valence-corrected chi connectivity index (χ4v) is 5.62. The maximum absolute atomic E-state index is 13.9. The number of hydrogen-bond acceptors (Lipinski definition) is 3. The molecule has 1 aliphatic heterocycles. The van der Waals surface area contributed by atoms with Crippen LogP contribution in [0.15, 0.2) is 42.5 Å². The van der Waals surface area contributed by atoms with Gasteiger partial charge in [0.1, 0.15) is 11.6 Å². The molecule has 0 radical (unpaired) electrons. The van der Waals surface area contributed by atoms with E-state index in [0.29, 0.717) is 35.8 Å². The Labute approximate surface area is 191 Å². The Kier molecular flexibility index (Phi) is 7.62. The number of Topliss-reactive ketones (excluding diaryl/α,β-unsaturated/α-hetero) is 1. The zero-order chi connectivity index (χ0) is 22.5. The van der Waals surface area contributed by atoms with Crippen molar-refractivity contribution in [1.29, 1.82) is 0 Å². The molecule has 0 bridgehead atoms. The Morgan fingerprint density at radius 1 is 1.06 bits per heavy atom. The molecule has 0 spiro atoms. The van der Waals surface area contributed by atoms with E-state index in [1.807, 2.05) is 18.2 Å². The summed E-state index contributed by atoms with van der Waals surface area (Å²) in [6.45, 7) is 4.25. The summed E-state index contributed by atoms with van der Waals surface area (Å²) in [4.78, 5) is 12.7. The van der Waals surface area contributed by atoms with E-state index in [1.165, 1.54) is 30.9 Å². The van der Waals surface area contributed by atoms with Crippen molar-refractivity contribution in [2.45, 2.75) is 63.7 Å². The zero-order valence-corrected chi connectivity index (χ0v) is 19.4. The Morgan fingerprint density at radius 2 is 1.81 bits per heavy atom. The average Bonchev–Trinajstić information content (AvgIpc) is 3.27. The molecule has 1 heterocycles. The van der Waals surface area contributed by atoms with Gasteiger partial charge in [-0.3, -0.25) is 4.79 Å². The number of hydrogen-bond donors (Lipinski definition) is 1. The van der Waals surface area contributed by atoms with Crippen LogP contribution >= 0.6 is 0 Å². The molecule has 4 heteroatoms. The van der Waals surface area contributed by atoms with Crippen molar-refractivity contribution in [3.05, 3.63) is 65.0 Å². The lowest BCUT2D eigenvalue weighted by molar-refractivity contribution is 0.0952. The molecule has 4 rings (SSSR count). The minimum Gasteiger partial charge on any atom is -0.497 e. The van der Waals surface area contributed by atoms with Gasteiger partial charge in [0, 0.05) is 18.1 Å². The number of rotatable bonds is 8. The number of carbonyl (C=O) groups is 1. The van der Waals surface area contributed by atoms with Crippen molar-refractivity contribution >= 4 is 5.78 Å². The van der Waals surface area contributed by atoms with Gasteiger partial charge in [-0.05, 0) is 98.5 Å². The maximum Gasteiger partial charge on any atom is 0.163 e. The van der Waals surface area contributed by atoms with Gasteiger partial charge in [-0.2, -0.15) is 0 Å². The van der Waals surface area contributed by atoms with E-state index in [0.717, 1.165) is 43.5 Å². The second kappa shape index (κ2) is 10.6. The number of benzene rings is 2. The summed E-state index contributed by atoms with van der Waals surface area (Å²) in [5, 5.41) is 3.36. The highest BCUT2D eigenvalue weighted by Gasteiger charge is 2.28. The Hall–Kier alpha value is -2.20. The predicted octanol–water partition coefficient (Wildman–Crippen LogP) is 6.48. The van der Waals surface area contributed by atoms with E-state index in [-0.39, 0.29) is 11.6 Å². The second-order valence-corrected chi connectivity index (χ2v) is 9.88. The van der Waals surface area contributed by atoms with Gasteiger partial charge in [0.05, 0.1) is 7.11 Å². The van der Waals surface area contributed by atoms with E-state index >= 15 is 0 Å². The predicted molar refractivity (Wildman–Crippen MR) is 127 cm³/mol. The largest absolute Gasteiger partial charge is 0.497 e. The van der Waals surface area contributed by atoms with Gasteiger partial charge in [-0.1, -0.05) is 31.2 Å². The summed E-state index contributed by atoms with van der Waals surface area (Å²) < 4.78 is 19.1. The van der Waals surface area contributed by atoms with Crippen LogP contribution in [0.25, 0.3) is 0 Å². The minimum atomic E-state index is -0.231. The second-order valence-electron chi connectivity index (χ2n) is 9.88. The summed E-state index contributed by atoms with van der Waals surface area (Å²) in [5.41, 5.74) is 3.23. The number of piperidine rings is 1. The summed E-state index contributed by atoms with van der Waals surface area (Å²) in [7, 11) is 1.58. The van der Waals surface area contributed by atoms with E-state index in [1.54, 1.807) is 13.2 Å². The topological polar surface area (TPSA) is 38.3 Å². The van der Waals surface area contributed by atoms with E-state index in [9.17, 15) is 9.18 Å². The molecule has 2 aromatic rings. The van der Waals surface area contributed by atoms with Gasteiger partial charge in [-0.15, -0.1) is 0 Å². The number of halogens is 1. The van der Waals surface area contributed by atoms with E-state index in [4.69, 9.17) is 4.74 Å². The molecule has 2 fully saturated rings. The van der Waals surface area contributed by atoms with Crippen molar-refractivity contribution < 1.29 is 13.9 Å². The van der Waals surface area contributed by atoms with Crippen LogP contribution in [0.3, 0.4) is 0 Å². The van der Waals surface area contributed by atoms with E-state index in [2.05, 4.69) is 24.4 Å². The number of methoxy groups -OCH3 is 1. The van der Waals surface area contributed by atoms with Gasteiger partial charge in [0.2, 0.25) is 0 Å². The van der Waals surface area contributed by atoms with Gasteiger partial charge in [-0.25, -0.2) is 4.39 Å². The fourth-order valence-electron chi connectivity index (χ4n) is 5.62. The highest BCUT2D eigenvalue weighted by Crippen LogP contribution is 2.42. The fraction of sp³-hybridized carbons (Fsp3) is 0.536. The van der Waals surface area contributed by atoms with Crippen LogP contribution in [0, 0.1) is 17.7 Å². The van der Waals surface area contributed by atoms with Crippen molar-refractivity contribution in [2.75, 3.05) is 20.2 Å². The van der Waals surface area contributed by atoms with E-state index < -0.39 is 0 Å². The summed E-state index contributed by atoms with van der Waals surface area (Å²) in [5.74, 6) is 2.68. The molecule has 3 atom stereocenters. The normalized spacial score (nSPS) is 22.6. The van der Waals surface area contributed by atoms with Crippen LogP contribution in [-0.2, 0) is 0 Å². The van der Waals surface area contributed by atoms with Crippen LogP contribution in [0.2, 0.25) is 0 Å². The highest BCUT2D eigenvalue weighted by molar-refractivity contribution is 5.96. The van der Waals surface area contributed by atoms with Crippen LogP contribution in [0.1, 0.15) is 85.2 Å². The number of nitrogens with one attached hydrogen (secondary N) is 1. The van der Waals surface area contributed by atoms with Gasteiger partial charge < -0.3 is 10.1 Å². The highest BCUT2D eigenvalue weighted by atomic mass is 19.1. The lowest BCUT2D eigenvalue weighted by atomic mass is 9.87. The first-order valence-electron chi connectivity index (χ1n) is 12.2. The zero-order valence-electron chi connectivity index (χ0n) is 19.4. The Morgan fingerprint density at radius 3 is 2.53 bits per heavy atom. The Bertz CT molecular complexity index is 904. The van der Waals surface area contributed by atoms with Crippen molar-refractivity contribution in [3.63, 3.8) is 0 Å². The first-order valence-corrected chi connectivity index (χ1v) is 12.2. The third-order valence-corrected chi connectivity index (χ3v) is 7.56. The molecular weight excluding hydrogens is 401 g/mol. The molecule has 0 aromatic heterocycles. The third-order valence-electron chi connectivity index (χ3n) is 7.56. The first-order chi connectivity index (χ1) is 15.5. The minimum absolute atomic E-state index is 0.231. The molecule has 2 aliphatic rings. The standard InChI is InChI=1S/C28H36FNO2/c1-19(25-16-26(29)18-27(17-25)32-2)13-21-3-4-24(14-21)22-5-7-23(8-6-22)28(31)15-20-9-11-30-12-10-20/h5-8,16-21,24,30H,3-4,9-15H2,1-2H3/t19-,21+,24+/m0/s1. The lowest BCUT2D eigenvalue weighted by Crippen LogP contribution is -2.28. The smallest absolute Gasteiger partial charge is 0.163 e. The SMILES string of the molecule is COc1cc(F)cc([C@@H](C)C[C@H]2CC[C@@H](c3ccc(C(=O)CC4CCNCC4)cc3)C2)c1. The first kappa shape index (κ1) is 23.0. The third kappa shape index (κ3) is 5.78. The molecule has 0 unspecified atom stereocenters. The van der Waals surface area contributed by atoms with Gasteiger partial charge in [0.15, 0.2) is 5.78 Å². The lowest BCUT2D eigenvalue weighted by Gasteiger charge is -2.21. The molecule has 2 aromatic carbocycles. The molecule has 0 amide bonds. The van der Waals surface area contributed by atoms with Crippen LogP contribution < -0.4 is 10.1 Å². The summed E-state index contributed by atoms with van der Waals surface area (Å²) >= 11 is 0. The quantitative estimate of drug-likeness (QED) is 0.480. The molecule has 1 N–H and O–H groups in total. The number of ether oxygens (including phenoxy) is 1. The molecular formula is C28H36FNO2. The van der Waals surface area contributed by atoms with Crippen molar-refractivity contribution in [1.82, 2.24) is 5.32 Å². The van der Waals surface area contributed by atoms with Crippen LogP contribution in [-0.4, -0.2) is 26.0 Å². The van der Waals surface area contributed by atoms with Crippen molar-refractivity contribution in [3.8, 4) is 5.75 Å². The molecule has 1 aliphatic carbocycles. The average molecular weight is 438 g/mol. The maximum atomic E-state index is 13.9. The van der Waals surface area contributed by atoms with Crippen LogP contribution in [0.4, 0.5) is 4.39 Å².